The van der Waals surface area contributed by atoms with Gasteiger partial charge in [-0.25, -0.2) is 0 Å². The maximum atomic E-state index is 14.5. The number of likely N-dealkylation sites (tertiary alicyclic amines) is 1. The third-order valence-corrected chi connectivity index (χ3v) is 9.09. The van der Waals surface area contributed by atoms with E-state index in [4.69, 9.17) is 4.74 Å². The highest BCUT2D eigenvalue weighted by molar-refractivity contribution is 6.00. The molecule has 0 aromatic rings. The third kappa shape index (κ3) is 3.74. The molecule has 1 saturated carbocycles. The number of carbonyl (C=O) groups excluding carboxylic acids is 3. The highest BCUT2D eigenvalue weighted by Gasteiger charge is 2.75. The maximum Gasteiger partial charge on any atom is 0.249 e. The van der Waals surface area contributed by atoms with E-state index in [1.165, 1.54) is 6.42 Å². The van der Waals surface area contributed by atoms with Crippen LogP contribution in [0.4, 0.5) is 0 Å². The van der Waals surface area contributed by atoms with E-state index in [0.29, 0.717) is 19.5 Å². The van der Waals surface area contributed by atoms with Crippen molar-refractivity contribution < 1.29 is 24.2 Å². The van der Waals surface area contributed by atoms with Gasteiger partial charge in [-0.3, -0.25) is 14.4 Å². The normalized spacial score (nSPS) is 37.8. The molecule has 0 aromatic heterocycles. The fraction of sp³-hybridized carbons (Fsp3) is 0.750. The van der Waals surface area contributed by atoms with Crippen LogP contribution >= 0.6 is 0 Å². The zero-order chi connectivity index (χ0) is 25.8. The summed E-state index contributed by atoms with van der Waals surface area (Å²) >= 11 is 0. The lowest BCUT2D eigenvalue weighted by atomic mass is 9.74. The number of amides is 3. The Balaban J connectivity index is 1.64. The van der Waals surface area contributed by atoms with E-state index in [1.807, 2.05) is 50.0 Å². The van der Waals surface area contributed by atoms with Crippen LogP contribution in [0.3, 0.4) is 0 Å². The van der Waals surface area contributed by atoms with Gasteiger partial charge in [0.05, 0.1) is 30.1 Å². The summed E-state index contributed by atoms with van der Waals surface area (Å²) in [4.78, 5) is 47.7. The predicted molar refractivity (Wildman–Crippen MR) is 135 cm³/mol. The lowest BCUT2D eigenvalue weighted by Crippen LogP contribution is -2.60. The van der Waals surface area contributed by atoms with Gasteiger partial charge < -0.3 is 24.5 Å². The first-order chi connectivity index (χ1) is 17.1. The smallest absolute Gasteiger partial charge is 0.249 e. The molecule has 1 spiro atoms. The number of fused-ring (bicyclic) bond motifs is 2. The molecular formula is C28H41N3O5. The Labute approximate surface area is 214 Å². The van der Waals surface area contributed by atoms with Gasteiger partial charge in [0.2, 0.25) is 17.7 Å². The molecule has 3 amide bonds. The first-order valence-corrected chi connectivity index (χ1v) is 13.7. The summed E-state index contributed by atoms with van der Waals surface area (Å²) < 4.78 is 6.84. The Kier molecular flexibility index (Phi) is 6.56. The summed E-state index contributed by atoms with van der Waals surface area (Å²) in [7, 11) is 1.74. The number of carbonyl (C=O) groups is 3. The van der Waals surface area contributed by atoms with Crippen LogP contribution in [0.1, 0.15) is 59.3 Å². The van der Waals surface area contributed by atoms with E-state index >= 15 is 0 Å². The van der Waals surface area contributed by atoms with Crippen LogP contribution in [0.2, 0.25) is 0 Å². The van der Waals surface area contributed by atoms with E-state index in [2.05, 4.69) is 0 Å². The maximum absolute atomic E-state index is 14.5. The average molecular weight is 500 g/mol. The Morgan fingerprint density at radius 2 is 1.69 bits per heavy atom. The summed E-state index contributed by atoms with van der Waals surface area (Å²) in [6.45, 7) is 6.65. The highest BCUT2D eigenvalue weighted by atomic mass is 16.5. The SMILES string of the molecule is CC(C)C[C@H](CO)N1C(=O)[C@@H]2[C@H]3C(=O)N(C)CC=C[C@@]3(C)O[C@@]23C=CCN(C2CCCCC2)C(=O)C13. The molecule has 4 aliphatic heterocycles. The van der Waals surface area contributed by atoms with Gasteiger partial charge in [0.1, 0.15) is 11.6 Å². The molecular weight excluding hydrogens is 458 g/mol. The van der Waals surface area contributed by atoms with Crippen molar-refractivity contribution in [2.24, 2.45) is 17.8 Å². The Hall–Kier alpha value is -2.19. The summed E-state index contributed by atoms with van der Waals surface area (Å²) in [6, 6.07) is -1.28. The lowest BCUT2D eigenvalue weighted by Gasteiger charge is -2.42. The van der Waals surface area contributed by atoms with E-state index < -0.39 is 35.1 Å². The number of likely N-dealkylation sites (N-methyl/N-ethyl adjacent to an activating group) is 1. The van der Waals surface area contributed by atoms with Gasteiger partial charge in [-0.2, -0.15) is 0 Å². The first kappa shape index (κ1) is 25.5. The molecule has 1 N–H and O–H groups in total. The van der Waals surface area contributed by atoms with Crippen LogP contribution in [0, 0.1) is 17.8 Å². The number of hydrogen-bond acceptors (Lipinski definition) is 5. The van der Waals surface area contributed by atoms with E-state index in [0.717, 1.165) is 25.7 Å². The Morgan fingerprint density at radius 1 is 1.00 bits per heavy atom. The van der Waals surface area contributed by atoms with Gasteiger partial charge >= 0.3 is 0 Å². The molecule has 0 radical (unpaired) electrons. The van der Waals surface area contributed by atoms with Gasteiger partial charge in [0.15, 0.2) is 0 Å². The minimum atomic E-state index is -1.25. The molecule has 5 rings (SSSR count). The van der Waals surface area contributed by atoms with Gasteiger partial charge in [0.25, 0.3) is 0 Å². The van der Waals surface area contributed by atoms with Crippen molar-refractivity contribution in [2.45, 2.75) is 88.6 Å². The molecule has 2 saturated heterocycles. The molecule has 36 heavy (non-hydrogen) atoms. The second kappa shape index (κ2) is 9.28. The third-order valence-electron chi connectivity index (χ3n) is 9.09. The fourth-order valence-corrected chi connectivity index (χ4v) is 7.53. The summed E-state index contributed by atoms with van der Waals surface area (Å²) in [6.07, 6.45) is 13.5. The van der Waals surface area contributed by atoms with E-state index in [-0.39, 0.29) is 36.3 Å². The van der Waals surface area contributed by atoms with Gasteiger partial charge in [-0.05, 0) is 32.1 Å². The number of hydrogen-bond donors (Lipinski definition) is 1. The number of aliphatic hydroxyl groups is 1. The van der Waals surface area contributed by atoms with Crippen LogP contribution in [0.5, 0.6) is 0 Å². The fourth-order valence-electron chi connectivity index (χ4n) is 7.53. The van der Waals surface area contributed by atoms with Crippen LogP contribution in [0.15, 0.2) is 24.3 Å². The van der Waals surface area contributed by atoms with Gasteiger partial charge in [-0.15, -0.1) is 0 Å². The molecule has 1 aliphatic carbocycles. The minimum Gasteiger partial charge on any atom is -0.394 e. The van der Waals surface area contributed by atoms with Crippen molar-refractivity contribution >= 4 is 17.7 Å². The minimum absolute atomic E-state index is 0.116. The van der Waals surface area contributed by atoms with Crippen LogP contribution in [-0.4, -0.2) is 93.6 Å². The summed E-state index contributed by atoms with van der Waals surface area (Å²) in [5, 5.41) is 10.4. The molecule has 1 unspecified atom stereocenters. The largest absolute Gasteiger partial charge is 0.394 e. The molecule has 4 heterocycles. The zero-order valence-electron chi connectivity index (χ0n) is 22.1. The van der Waals surface area contributed by atoms with Crippen molar-refractivity contribution in [2.75, 3.05) is 26.7 Å². The lowest BCUT2D eigenvalue weighted by molar-refractivity contribution is -0.157. The Bertz CT molecular complexity index is 972. The number of nitrogens with zero attached hydrogens (tertiary/aromatic N) is 3. The molecule has 3 fully saturated rings. The summed E-state index contributed by atoms with van der Waals surface area (Å²) in [5.74, 6) is -1.85. The second-order valence-electron chi connectivity index (χ2n) is 12.0. The van der Waals surface area contributed by atoms with Crippen LogP contribution in [-0.2, 0) is 19.1 Å². The van der Waals surface area contributed by atoms with Crippen molar-refractivity contribution in [1.29, 1.82) is 0 Å². The van der Waals surface area contributed by atoms with Gasteiger partial charge in [0, 0.05) is 26.2 Å². The molecule has 0 aromatic carbocycles. The number of rotatable bonds is 5. The zero-order valence-corrected chi connectivity index (χ0v) is 22.1. The van der Waals surface area contributed by atoms with E-state index in [1.54, 1.807) is 16.8 Å². The molecule has 5 aliphatic rings. The first-order valence-electron chi connectivity index (χ1n) is 13.7. The van der Waals surface area contributed by atoms with Crippen LogP contribution < -0.4 is 0 Å². The standard InChI is InChI=1S/C28H41N3O5/c1-18(2)16-20(17-32)31-23-26(35)30(19-10-6-5-7-11-19)15-9-13-28(23)22(25(31)34)21-24(33)29(4)14-8-12-27(21,3)36-28/h8-9,12-13,18-23,32H,5-7,10-11,14-17H2,1-4H3/t20-,21+,22+,23?,27-,28+/m1/s1. The van der Waals surface area contributed by atoms with Crippen molar-refractivity contribution in [1.82, 2.24) is 14.7 Å². The average Bonchev–Trinajstić information content (AvgIpc) is 3.13. The second-order valence-corrected chi connectivity index (χ2v) is 12.0. The van der Waals surface area contributed by atoms with E-state index in [9.17, 15) is 19.5 Å². The quantitative estimate of drug-likeness (QED) is 0.586. The molecule has 8 heteroatoms. The predicted octanol–water partition coefficient (Wildman–Crippen LogP) is 2.12. The van der Waals surface area contributed by atoms with Crippen molar-refractivity contribution in [3.05, 3.63) is 24.3 Å². The van der Waals surface area contributed by atoms with Crippen molar-refractivity contribution in [3.63, 3.8) is 0 Å². The molecule has 6 atom stereocenters. The molecule has 0 bridgehead atoms. The summed E-state index contributed by atoms with van der Waals surface area (Å²) in [5.41, 5.74) is -2.25. The topological polar surface area (TPSA) is 90.4 Å². The molecule has 198 valence electrons. The van der Waals surface area contributed by atoms with Crippen LogP contribution in [0.25, 0.3) is 0 Å². The van der Waals surface area contributed by atoms with Gasteiger partial charge in [-0.1, -0.05) is 57.4 Å². The molecule has 8 nitrogen and oxygen atoms in total. The number of ether oxygens (including phenoxy) is 1. The van der Waals surface area contributed by atoms with Crippen molar-refractivity contribution in [3.8, 4) is 0 Å². The Morgan fingerprint density at radius 3 is 2.36 bits per heavy atom. The number of aliphatic hydroxyl groups excluding tert-OH is 1. The highest BCUT2D eigenvalue weighted by Crippen LogP contribution is 2.58. The monoisotopic (exact) mass is 499 g/mol.